The Hall–Kier alpha value is -4.44. The van der Waals surface area contributed by atoms with Gasteiger partial charge in [-0.05, 0) is 81.0 Å². The summed E-state index contributed by atoms with van der Waals surface area (Å²) in [5, 5.41) is 12.4. The first kappa shape index (κ1) is 27.6. The Morgan fingerprint density at radius 1 is 1.13 bits per heavy atom. The van der Waals surface area contributed by atoms with Gasteiger partial charge < -0.3 is 25.0 Å². The van der Waals surface area contributed by atoms with Crippen molar-refractivity contribution >= 4 is 35.2 Å². The molecular formula is C29H31FN4O5. The summed E-state index contributed by atoms with van der Waals surface area (Å²) in [6.07, 6.45) is 0.540. The van der Waals surface area contributed by atoms with Crippen molar-refractivity contribution in [2.75, 3.05) is 31.1 Å². The first-order valence-electron chi connectivity index (χ1n) is 12.7. The number of aromatic amines is 1. The number of aromatic hydroxyl groups is 1. The van der Waals surface area contributed by atoms with E-state index in [9.17, 15) is 23.9 Å². The second-order valence-electron chi connectivity index (χ2n) is 9.17. The van der Waals surface area contributed by atoms with E-state index >= 15 is 0 Å². The van der Waals surface area contributed by atoms with Gasteiger partial charge in [0.15, 0.2) is 0 Å². The number of ether oxygens (including phenoxy) is 1. The molecule has 0 spiro atoms. The maximum Gasteiger partial charge on any atom is 0.426 e. The number of carbonyl (C=O) groups is 3. The third-order valence-corrected chi connectivity index (χ3v) is 6.75. The van der Waals surface area contributed by atoms with Crippen LogP contribution in [0.5, 0.6) is 11.5 Å². The Balaban J connectivity index is 1.63. The molecule has 2 aromatic carbocycles. The number of phenolic OH excluding ortho intramolecular Hbond substituents is 1. The van der Waals surface area contributed by atoms with Crippen molar-refractivity contribution < 1.29 is 28.6 Å². The fraction of sp³-hybridized carbons (Fsp3) is 0.276. The summed E-state index contributed by atoms with van der Waals surface area (Å²) in [4.78, 5) is 45.6. The van der Waals surface area contributed by atoms with Crippen LogP contribution in [0.2, 0.25) is 0 Å². The number of hydrogen-bond acceptors (Lipinski definition) is 6. The summed E-state index contributed by atoms with van der Waals surface area (Å²) >= 11 is 0. The van der Waals surface area contributed by atoms with E-state index in [-0.39, 0.29) is 34.2 Å². The second-order valence-corrected chi connectivity index (χ2v) is 9.17. The molecule has 3 aromatic rings. The third kappa shape index (κ3) is 5.70. The quantitative estimate of drug-likeness (QED) is 0.363. The number of carbonyl (C=O) groups excluding carboxylic acids is 3. The maximum atomic E-state index is 14.2. The summed E-state index contributed by atoms with van der Waals surface area (Å²) in [7, 11) is 0. The number of phenols is 1. The van der Waals surface area contributed by atoms with Crippen LogP contribution in [0.4, 0.5) is 14.9 Å². The predicted molar refractivity (Wildman–Crippen MR) is 146 cm³/mol. The summed E-state index contributed by atoms with van der Waals surface area (Å²) in [5.41, 5.74) is 2.67. The Labute approximate surface area is 225 Å². The zero-order valence-electron chi connectivity index (χ0n) is 22.3. The van der Waals surface area contributed by atoms with Crippen LogP contribution in [-0.2, 0) is 4.79 Å². The summed E-state index contributed by atoms with van der Waals surface area (Å²) in [6, 6.07) is 9.13. The van der Waals surface area contributed by atoms with Crippen LogP contribution in [0.15, 0.2) is 42.5 Å². The molecule has 0 aliphatic carbocycles. The van der Waals surface area contributed by atoms with Crippen LogP contribution in [0.3, 0.4) is 0 Å². The molecule has 0 saturated carbocycles. The van der Waals surface area contributed by atoms with Crippen molar-refractivity contribution in [3.05, 3.63) is 76.4 Å². The van der Waals surface area contributed by atoms with Gasteiger partial charge >= 0.3 is 6.09 Å². The van der Waals surface area contributed by atoms with E-state index in [1.165, 1.54) is 42.5 Å². The van der Waals surface area contributed by atoms with Crippen molar-refractivity contribution in [3.63, 3.8) is 0 Å². The number of imide groups is 1. The molecule has 0 fully saturated rings. The van der Waals surface area contributed by atoms with Gasteiger partial charge in [0.25, 0.3) is 11.8 Å². The van der Waals surface area contributed by atoms with Crippen molar-refractivity contribution in [1.82, 2.24) is 15.2 Å². The van der Waals surface area contributed by atoms with Crippen molar-refractivity contribution in [2.24, 2.45) is 0 Å². The minimum absolute atomic E-state index is 0.00774. The van der Waals surface area contributed by atoms with Crippen LogP contribution in [-0.4, -0.2) is 59.1 Å². The zero-order chi connectivity index (χ0) is 28.3. The Bertz CT molecular complexity index is 1440. The van der Waals surface area contributed by atoms with E-state index < -0.39 is 17.8 Å². The lowest BCUT2D eigenvalue weighted by Crippen LogP contribution is -2.35. The predicted octanol–water partition coefficient (Wildman–Crippen LogP) is 4.63. The lowest BCUT2D eigenvalue weighted by atomic mass is 10.0. The number of aromatic nitrogens is 1. The molecular weight excluding hydrogens is 503 g/mol. The number of fused-ring (bicyclic) bond motifs is 1. The molecule has 1 aliphatic rings. The molecule has 0 bridgehead atoms. The van der Waals surface area contributed by atoms with E-state index in [1.807, 2.05) is 0 Å². The molecule has 204 valence electrons. The first-order chi connectivity index (χ1) is 18.6. The zero-order valence-corrected chi connectivity index (χ0v) is 22.3. The molecule has 1 aromatic heterocycles. The lowest BCUT2D eigenvalue weighted by Gasteiger charge is -2.18. The number of likely N-dealkylation sites (N-methyl/N-ethyl adjacent to an activating group) is 1. The number of hydrogen-bond donors (Lipinski definition) is 3. The number of aryl methyl sites for hydroxylation is 1. The number of halogens is 1. The molecule has 9 nitrogen and oxygen atoms in total. The van der Waals surface area contributed by atoms with Gasteiger partial charge in [-0.3, -0.25) is 9.59 Å². The minimum atomic E-state index is -0.977. The molecule has 0 radical (unpaired) electrons. The first-order valence-corrected chi connectivity index (χ1v) is 12.7. The fourth-order valence-electron chi connectivity index (χ4n) is 4.60. The SMILES string of the molecule is CCN(CC)CCNC(=O)c1c(C)[nH]c(/C=C2\C(=O)N(C(=O)Oc3ccc(O)cc3)c3ccc(F)cc32)c1C. The topological polar surface area (TPSA) is 115 Å². The number of anilines is 1. The number of rotatable bonds is 8. The standard InChI is InChI=1S/C29H31FN4O5/c1-5-33(6-2)14-13-31-27(36)26-17(3)24(32-18(26)4)16-23-22-15-19(30)7-12-25(22)34(28(23)37)29(38)39-21-10-8-20(35)9-11-21/h7-12,15-16,32,35H,5-6,13-14H2,1-4H3,(H,31,36)/b23-16-. The highest BCUT2D eigenvalue weighted by atomic mass is 19.1. The van der Waals surface area contributed by atoms with Gasteiger partial charge in [0, 0.05) is 30.0 Å². The summed E-state index contributed by atoms with van der Waals surface area (Å²) < 4.78 is 19.6. The number of H-pyrrole nitrogens is 1. The highest BCUT2D eigenvalue weighted by molar-refractivity contribution is 6.41. The van der Waals surface area contributed by atoms with Crippen molar-refractivity contribution in [1.29, 1.82) is 0 Å². The molecule has 39 heavy (non-hydrogen) atoms. The molecule has 10 heteroatoms. The molecule has 2 heterocycles. The van der Waals surface area contributed by atoms with Gasteiger partial charge in [-0.25, -0.2) is 14.1 Å². The normalized spacial score (nSPS) is 13.7. The van der Waals surface area contributed by atoms with Gasteiger partial charge in [-0.15, -0.1) is 0 Å². The molecule has 1 aliphatic heterocycles. The summed E-state index contributed by atoms with van der Waals surface area (Å²) in [6.45, 7) is 10.7. The number of amides is 3. The number of nitrogens with one attached hydrogen (secondary N) is 2. The van der Waals surface area contributed by atoms with Crippen molar-refractivity contribution in [3.8, 4) is 11.5 Å². The molecule has 0 saturated heterocycles. The molecule has 4 rings (SSSR count). The van der Waals surface area contributed by atoms with Crippen molar-refractivity contribution in [2.45, 2.75) is 27.7 Å². The molecule has 3 amide bonds. The van der Waals surface area contributed by atoms with E-state index in [2.05, 4.69) is 29.0 Å². The van der Waals surface area contributed by atoms with Crippen LogP contribution in [0.25, 0.3) is 11.6 Å². The van der Waals surface area contributed by atoms with Gasteiger partial charge in [-0.2, -0.15) is 0 Å². The van der Waals surface area contributed by atoms with Gasteiger partial charge in [0.05, 0.1) is 16.8 Å². The average Bonchev–Trinajstić information content (AvgIpc) is 3.34. The molecule has 0 unspecified atom stereocenters. The van der Waals surface area contributed by atoms with E-state index in [1.54, 1.807) is 13.8 Å². The lowest BCUT2D eigenvalue weighted by molar-refractivity contribution is -0.112. The smallest absolute Gasteiger partial charge is 0.426 e. The van der Waals surface area contributed by atoms with Crippen LogP contribution >= 0.6 is 0 Å². The average molecular weight is 535 g/mol. The van der Waals surface area contributed by atoms with Crippen LogP contribution < -0.4 is 15.0 Å². The fourth-order valence-corrected chi connectivity index (χ4v) is 4.60. The molecule has 3 N–H and O–H groups in total. The van der Waals surface area contributed by atoms with Crippen LogP contribution in [0.1, 0.15) is 46.7 Å². The van der Waals surface area contributed by atoms with E-state index in [4.69, 9.17) is 4.74 Å². The van der Waals surface area contributed by atoms with Gasteiger partial charge in [0.1, 0.15) is 17.3 Å². The van der Waals surface area contributed by atoms with Crippen LogP contribution in [0, 0.1) is 19.7 Å². The summed E-state index contributed by atoms with van der Waals surface area (Å²) in [5.74, 6) is -1.39. The maximum absolute atomic E-state index is 14.2. The third-order valence-electron chi connectivity index (χ3n) is 6.75. The molecule has 0 atom stereocenters. The Morgan fingerprint density at radius 2 is 1.82 bits per heavy atom. The highest BCUT2D eigenvalue weighted by Gasteiger charge is 2.38. The Kier molecular flexibility index (Phi) is 8.15. The highest BCUT2D eigenvalue weighted by Crippen LogP contribution is 2.39. The monoisotopic (exact) mass is 534 g/mol. The van der Waals surface area contributed by atoms with Gasteiger partial charge in [-0.1, -0.05) is 13.8 Å². The number of nitrogens with zero attached hydrogens (tertiary/aromatic N) is 2. The number of benzene rings is 2. The second kappa shape index (κ2) is 11.5. The largest absolute Gasteiger partial charge is 0.508 e. The minimum Gasteiger partial charge on any atom is -0.508 e. The van der Waals surface area contributed by atoms with E-state index in [0.29, 0.717) is 29.1 Å². The Morgan fingerprint density at radius 3 is 2.49 bits per heavy atom. The van der Waals surface area contributed by atoms with E-state index in [0.717, 1.165) is 30.6 Å². The van der Waals surface area contributed by atoms with Gasteiger partial charge in [0.2, 0.25) is 0 Å².